The molecule has 1 aromatic rings. The van der Waals surface area contributed by atoms with E-state index in [2.05, 4.69) is 15.3 Å². The van der Waals surface area contributed by atoms with Crippen LogP contribution in [0, 0.1) is 0 Å². The average molecular weight is 1110 g/mol. The topological polar surface area (TPSA) is 328 Å². The lowest BCUT2D eigenvalue weighted by Gasteiger charge is -2.48. The molecule has 1 aromatic carbocycles. The van der Waals surface area contributed by atoms with Gasteiger partial charge in [0, 0.05) is 52.2 Å². The Bertz CT molecular complexity index is 2200. The Hall–Kier alpha value is -5.57. The first-order valence-electron chi connectivity index (χ1n) is 23.0. The third-order valence-corrected chi connectivity index (χ3v) is 11.4. The number of halogens is 3. The summed E-state index contributed by atoms with van der Waals surface area (Å²) in [4.78, 5) is 121. The first-order chi connectivity index (χ1) is 35.0. The van der Waals surface area contributed by atoms with Gasteiger partial charge in [-0.3, -0.25) is 24.0 Å². The van der Waals surface area contributed by atoms with Crippen molar-refractivity contribution >= 4 is 88.5 Å². The number of nitrogens with one attached hydrogen (secondary N) is 1. The van der Waals surface area contributed by atoms with Crippen molar-refractivity contribution < 1.29 is 100.0 Å². The van der Waals surface area contributed by atoms with Gasteiger partial charge in [0.1, 0.15) is 55.5 Å². The molecule has 74 heavy (non-hydrogen) atoms. The first-order valence-corrected chi connectivity index (χ1v) is 24.1. The van der Waals surface area contributed by atoms with Crippen LogP contribution in [0.25, 0.3) is 10.4 Å². The molecule has 0 saturated carbocycles. The lowest BCUT2D eigenvalue weighted by Crippen LogP contribution is -2.69. The summed E-state index contributed by atoms with van der Waals surface area (Å²) >= 11 is 17.6. The lowest BCUT2D eigenvalue weighted by atomic mass is 9.88. The maximum Gasteiger partial charge on any atom is 0.417 e. The molecule has 11 atom stereocenters. The predicted octanol–water partition coefficient (Wildman–Crippen LogP) is 4.38. The minimum Gasteiger partial charge on any atom is -0.465 e. The van der Waals surface area contributed by atoms with Crippen molar-refractivity contribution in [3.63, 3.8) is 0 Å². The van der Waals surface area contributed by atoms with E-state index in [0.717, 1.165) is 34.8 Å². The van der Waals surface area contributed by atoms with Crippen LogP contribution in [0.2, 0.25) is 0 Å². The molecule has 3 heterocycles. The van der Waals surface area contributed by atoms with Gasteiger partial charge in [0.05, 0.1) is 33.2 Å². The van der Waals surface area contributed by atoms with Crippen molar-refractivity contribution in [1.29, 1.82) is 0 Å². The molecule has 1 N–H and O–H groups in total. The highest BCUT2D eigenvalue weighted by molar-refractivity contribution is 6.67. The number of hydrogen-bond donors (Lipinski definition) is 1. The second kappa shape index (κ2) is 28.9. The monoisotopic (exact) mass is 1110 g/mol. The number of hydrogen-bond acceptors (Lipinski definition) is 22. The predicted molar refractivity (Wildman–Crippen MR) is 250 cm³/mol. The molecule has 3 saturated heterocycles. The highest BCUT2D eigenvalue weighted by atomic mass is 35.6. The molecular formula is C45H58Cl3N5O21. The molecule has 0 aromatic heterocycles. The number of rotatable bonds is 26. The van der Waals surface area contributed by atoms with Gasteiger partial charge in [0.15, 0.2) is 24.6 Å². The summed E-state index contributed by atoms with van der Waals surface area (Å²) in [6.07, 6.45) is -15.9. The molecule has 3 fully saturated rings. The number of carbonyl (C=O) groups excluding carboxylic acids is 9. The highest BCUT2D eigenvalue weighted by Gasteiger charge is 2.65. The lowest BCUT2D eigenvalue weighted by molar-refractivity contribution is -0.333. The fourth-order valence-electron chi connectivity index (χ4n) is 8.04. The quantitative estimate of drug-likeness (QED) is 0.0256. The van der Waals surface area contributed by atoms with Gasteiger partial charge in [0.2, 0.25) is 9.70 Å². The number of methoxy groups -OCH3 is 1. The van der Waals surface area contributed by atoms with Crippen molar-refractivity contribution in [2.45, 2.75) is 150 Å². The van der Waals surface area contributed by atoms with Crippen LogP contribution in [-0.2, 0) is 97.0 Å². The van der Waals surface area contributed by atoms with E-state index in [4.69, 9.17) is 97.2 Å². The Balaban J connectivity index is 1.89. The van der Waals surface area contributed by atoms with E-state index in [1.54, 1.807) is 30.3 Å². The maximum absolute atomic E-state index is 14.3. The largest absolute Gasteiger partial charge is 0.465 e. The summed E-state index contributed by atoms with van der Waals surface area (Å²) in [6, 6.07) is 5.52. The van der Waals surface area contributed by atoms with Gasteiger partial charge in [-0.2, -0.15) is 0 Å². The number of ketones is 1. The van der Waals surface area contributed by atoms with Crippen LogP contribution in [-0.4, -0.2) is 169 Å². The van der Waals surface area contributed by atoms with Gasteiger partial charge in [-0.15, -0.1) is 0 Å². The van der Waals surface area contributed by atoms with E-state index < -0.39 is 151 Å². The number of azide groups is 1. The van der Waals surface area contributed by atoms with Gasteiger partial charge < -0.3 is 67.0 Å². The zero-order valence-corrected chi connectivity index (χ0v) is 43.4. The number of alkyl halides is 3. The SMILES string of the molecule is COC(=O)[C@@]1(OC[C@H]2O[C@@H](OCCCCCN=[N+]=[N-])[C@H](NC(=O)OCC(Cl)(Cl)Cl)[C@@H](OC(=O)CCC(C)=O)[C@@H]2OCc2ccccc2)C[C@@H]2OC(=O)N(C(C)=O)[C@H]2[C@H]([C@H](OC(C)=O)[C@@H](COC(C)=O)OC(C)=O)O1. The maximum atomic E-state index is 14.3. The van der Waals surface area contributed by atoms with Crippen LogP contribution in [0.3, 0.4) is 0 Å². The molecule has 3 aliphatic rings. The number of esters is 5. The van der Waals surface area contributed by atoms with Crippen LogP contribution >= 0.6 is 34.8 Å². The fraction of sp³-hybridized carbons (Fsp3) is 0.667. The van der Waals surface area contributed by atoms with Crippen molar-refractivity contribution in [1.82, 2.24) is 10.2 Å². The zero-order chi connectivity index (χ0) is 54.8. The molecule has 26 nitrogen and oxygen atoms in total. The van der Waals surface area contributed by atoms with E-state index in [1.165, 1.54) is 6.92 Å². The van der Waals surface area contributed by atoms with Crippen molar-refractivity contribution in [2.24, 2.45) is 5.11 Å². The molecule has 0 spiro atoms. The number of fused-ring (bicyclic) bond motifs is 1. The normalized spacial score (nSPS) is 25.1. The summed E-state index contributed by atoms with van der Waals surface area (Å²) in [7, 11) is 0.959. The highest BCUT2D eigenvalue weighted by Crippen LogP contribution is 2.43. The number of ether oxygens (including phenoxy) is 12. The Kier molecular flexibility index (Phi) is 23.8. The van der Waals surface area contributed by atoms with Gasteiger partial charge in [0.25, 0.3) is 5.79 Å². The van der Waals surface area contributed by atoms with Crippen LogP contribution < -0.4 is 5.32 Å². The Morgan fingerprint density at radius 2 is 1.62 bits per heavy atom. The first kappa shape index (κ1) is 61.0. The Morgan fingerprint density at radius 3 is 2.23 bits per heavy atom. The molecule has 0 radical (unpaired) electrons. The number of amides is 3. The van der Waals surface area contributed by atoms with E-state index in [0.29, 0.717) is 29.7 Å². The van der Waals surface area contributed by atoms with Crippen molar-refractivity contribution in [3.05, 3.63) is 46.3 Å². The second-order valence-corrected chi connectivity index (χ2v) is 19.4. The van der Waals surface area contributed by atoms with Crippen LogP contribution in [0.4, 0.5) is 9.59 Å². The zero-order valence-electron chi connectivity index (χ0n) is 41.1. The molecule has 4 rings (SSSR count). The fourth-order valence-corrected chi connectivity index (χ4v) is 8.20. The summed E-state index contributed by atoms with van der Waals surface area (Å²) in [6.45, 7) is 2.81. The van der Waals surface area contributed by atoms with Crippen LogP contribution in [0.15, 0.2) is 35.4 Å². The molecule has 0 bridgehead atoms. The van der Waals surface area contributed by atoms with Crippen molar-refractivity contribution in [3.8, 4) is 0 Å². The molecule has 0 unspecified atom stereocenters. The minimum absolute atomic E-state index is 0.0945. The molecular weight excluding hydrogens is 1050 g/mol. The van der Waals surface area contributed by atoms with Gasteiger partial charge in [-0.1, -0.05) is 76.7 Å². The second-order valence-electron chi connectivity index (χ2n) is 16.9. The van der Waals surface area contributed by atoms with E-state index in [-0.39, 0.29) is 32.0 Å². The van der Waals surface area contributed by atoms with E-state index >= 15 is 0 Å². The van der Waals surface area contributed by atoms with Gasteiger partial charge in [-0.05, 0) is 30.9 Å². The van der Waals surface area contributed by atoms with Crippen molar-refractivity contribution in [2.75, 3.05) is 40.1 Å². The Labute approximate surface area is 439 Å². The number of unbranched alkanes of at least 4 members (excludes halogenated alkanes) is 2. The molecule has 3 amide bonds. The molecule has 0 aliphatic carbocycles. The molecule has 3 aliphatic heterocycles. The number of Topliss-reactive ketones (excluding diaryl/α,β-unsaturated/α-hetero) is 1. The number of imide groups is 1. The van der Waals surface area contributed by atoms with E-state index in [1.807, 2.05) is 0 Å². The average Bonchev–Trinajstić information content (AvgIpc) is 3.67. The Morgan fingerprint density at radius 1 is 0.919 bits per heavy atom. The van der Waals surface area contributed by atoms with E-state index in [9.17, 15) is 43.2 Å². The number of nitrogens with zero attached hydrogens (tertiary/aromatic N) is 4. The minimum atomic E-state index is -2.73. The third kappa shape index (κ3) is 18.4. The summed E-state index contributed by atoms with van der Waals surface area (Å²) in [5, 5.41) is 6.06. The number of benzene rings is 1. The van der Waals surface area contributed by atoms with Crippen LogP contribution in [0.1, 0.15) is 78.7 Å². The van der Waals surface area contributed by atoms with Gasteiger partial charge >= 0.3 is 42.0 Å². The summed E-state index contributed by atoms with van der Waals surface area (Å²) in [5.41, 5.74) is 9.29. The number of carbonyl (C=O) groups is 9. The third-order valence-electron chi connectivity index (χ3n) is 11.1. The van der Waals surface area contributed by atoms with Gasteiger partial charge in [-0.25, -0.2) is 19.3 Å². The van der Waals surface area contributed by atoms with Crippen LogP contribution in [0.5, 0.6) is 0 Å². The summed E-state index contributed by atoms with van der Waals surface area (Å²) in [5.74, 6) is -9.05. The molecule has 410 valence electrons. The standard InChI is InChI=1S/C45H58Cl3N5O21/c1-24(54)15-16-33(59)73-38-34(51-42(61)67-23-45(46,47)48)40(64-18-12-8-11-17-50-52-49)71-32(36(38)66-20-29-13-9-7-10-14-29)22-68-44(41(60)63-6)19-30-35(53(25(2)55)43(62)72-30)39(74-44)37(70-28(5)58)31(69-27(4)57)21-65-26(3)56/h7,9-10,13-14,30-32,34-40H,8,11-12,15-23H2,1-6H3,(H,51,61)/t30-,31+,32+,34+,35+,36+,37+,38+,39+,40+,44+/m0/s1. The molecule has 29 heteroatoms. The summed E-state index contributed by atoms with van der Waals surface area (Å²) < 4.78 is 68.2. The number of alkyl carbamates (subject to hydrolysis) is 1. The smallest absolute Gasteiger partial charge is 0.417 e.